The van der Waals surface area contributed by atoms with Crippen LogP contribution in [0.1, 0.15) is 16.3 Å². The van der Waals surface area contributed by atoms with Gasteiger partial charge >= 0.3 is 5.97 Å². The fraction of sp³-hybridized carbons (Fsp3) is 0.111. The molecule has 0 aliphatic rings. The topological polar surface area (TPSA) is 81.7 Å². The molecule has 0 aliphatic heterocycles. The SMILES string of the molecule is O=C(COC(=O)c1ccc(-c2ccccc2Cl)o1)NCc1ccco1. The Morgan fingerprint density at radius 2 is 1.92 bits per heavy atom. The highest BCUT2D eigenvalue weighted by molar-refractivity contribution is 6.33. The van der Waals surface area contributed by atoms with Crippen molar-refractivity contribution in [2.45, 2.75) is 6.54 Å². The second kappa shape index (κ2) is 7.72. The van der Waals surface area contributed by atoms with Crippen molar-refractivity contribution in [2.75, 3.05) is 6.61 Å². The number of ether oxygens (including phenoxy) is 1. The molecular weight excluding hydrogens is 346 g/mol. The van der Waals surface area contributed by atoms with Gasteiger partial charge in [0, 0.05) is 5.56 Å². The summed E-state index contributed by atoms with van der Waals surface area (Å²) in [6.45, 7) is -0.192. The normalized spacial score (nSPS) is 10.4. The first-order chi connectivity index (χ1) is 12.1. The van der Waals surface area contributed by atoms with Gasteiger partial charge in [-0.2, -0.15) is 0 Å². The highest BCUT2D eigenvalue weighted by Crippen LogP contribution is 2.29. The third kappa shape index (κ3) is 4.30. The maximum atomic E-state index is 12.0. The van der Waals surface area contributed by atoms with Crippen LogP contribution in [-0.4, -0.2) is 18.5 Å². The van der Waals surface area contributed by atoms with E-state index in [2.05, 4.69) is 5.32 Å². The Labute approximate surface area is 148 Å². The van der Waals surface area contributed by atoms with Crippen LogP contribution in [-0.2, 0) is 16.1 Å². The van der Waals surface area contributed by atoms with Gasteiger partial charge in [-0.3, -0.25) is 4.79 Å². The molecule has 0 saturated heterocycles. The molecule has 3 aromatic rings. The number of carbonyl (C=O) groups is 2. The maximum absolute atomic E-state index is 12.0. The fourth-order valence-electron chi connectivity index (χ4n) is 2.11. The number of rotatable bonds is 6. The molecule has 2 heterocycles. The van der Waals surface area contributed by atoms with E-state index in [-0.39, 0.29) is 12.3 Å². The summed E-state index contributed by atoms with van der Waals surface area (Å²) >= 11 is 6.09. The summed E-state index contributed by atoms with van der Waals surface area (Å²) in [4.78, 5) is 23.6. The zero-order valence-electron chi connectivity index (χ0n) is 13.0. The number of furan rings is 2. The summed E-state index contributed by atoms with van der Waals surface area (Å²) in [5.74, 6) is -0.127. The lowest BCUT2D eigenvalue weighted by Crippen LogP contribution is -2.28. The third-order valence-electron chi connectivity index (χ3n) is 3.32. The van der Waals surface area contributed by atoms with E-state index in [1.807, 2.05) is 6.07 Å². The van der Waals surface area contributed by atoms with E-state index in [0.29, 0.717) is 22.1 Å². The Kier molecular flexibility index (Phi) is 5.20. The van der Waals surface area contributed by atoms with E-state index in [9.17, 15) is 9.59 Å². The summed E-state index contributed by atoms with van der Waals surface area (Å²) in [7, 11) is 0. The van der Waals surface area contributed by atoms with Gasteiger partial charge in [-0.05, 0) is 36.4 Å². The van der Waals surface area contributed by atoms with Gasteiger partial charge < -0.3 is 18.9 Å². The van der Waals surface area contributed by atoms with E-state index >= 15 is 0 Å². The van der Waals surface area contributed by atoms with Gasteiger partial charge in [0.05, 0.1) is 17.8 Å². The second-order valence-electron chi connectivity index (χ2n) is 5.08. The summed E-state index contributed by atoms with van der Waals surface area (Å²) in [6.07, 6.45) is 1.51. The average molecular weight is 360 g/mol. The molecule has 1 amide bonds. The van der Waals surface area contributed by atoms with Crippen molar-refractivity contribution >= 4 is 23.5 Å². The van der Waals surface area contributed by atoms with Gasteiger partial charge in [-0.1, -0.05) is 23.7 Å². The van der Waals surface area contributed by atoms with Crippen LogP contribution in [0.5, 0.6) is 0 Å². The largest absolute Gasteiger partial charge is 0.467 e. The molecule has 0 aliphatic carbocycles. The number of hydrogen-bond donors (Lipinski definition) is 1. The number of benzene rings is 1. The monoisotopic (exact) mass is 359 g/mol. The predicted molar refractivity (Wildman–Crippen MR) is 90.0 cm³/mol. The predicted octanol–water partition coefficient (Wildman–Crippen LogP) is 3.67. The summed E-state index contributed by atoms with van der Waals surface area (Å²) in [5, 5.41) is 3.08. The third-order valence-corrected chi connectivity index (χ3v) is 3.65. The Hall–Kier alpha value is -2.99. The molecule has 0 spiro atoms. The van der Waals surface area contributed by atoms with Crippen LogP contribution in [0.3, 0.4) is 0 Å². The number of nitrogens with one attached hydrogen (secondary N) is 1. The molecule has 3 rings (SSSR count). The maximum Gasteiger partial charge on any atom is 0.374 e. The molecule has 0 atom stereocenters. The van der Waals surface area contributed by atoms with Crippen molar-refractivity contribution in [1.82, 2.24) is 5.32 Å². The Bertz CT molecular complexity index is 869. The van der Waals surface area contributed by atoms with Gasteiger partial charge in [0.2, 0.25) is 5.76 Å². The minimum absolute atomic E-state index is 0.00578. The Morgan fingerprint density at radius 1 is 1.08 bits per heavy atom. The highest BCUT2D eigenvalue weighted by Gasteiger charge is 2.16. The van der Waals surface area contributed by atoms with Crippen LogP contribution in [0.4, 0.5) is 0 Å². The number of esters is 1. The summed E-state index contributed by atoms with van der Waals surface area (Å²) in [5.41, 5.74) is 0.666. The number of carbonyl (C=O) groups excluding carboxylic acids is 2. The van der Waals surface area contributed by atoms with Crippen molar-refractivity contribution in [1.29, 1.82) is 0 Å². The Morgan fingerprint density at radius 3 is 2.68 bits per heavy atom. The molecule has 25 heavy (non-hydrogen) atoms. The van der Waals surface area contributed by atoms with Crippen LogP contribution >= 0.6 is 11.6 Å². The van der Waals surface area contributed by atoms with Crippen molar-refractivity contribution in [2.24, 2.45) is 0 Å². The van der Waals surface area contributed by atoms with Gasteiger partial charge in [-0.25, -0.2) is 4.79 Å². The standard InChI is InChI=1S/C18H14ClNO5/c19-14-6-2-1-5-13(14)15-7-8-16(25-15)18(22)24-11-17(21)20-10-12-4-3-9-23-12/h1-9H,10-11H2,(H,20,21). The molecule has 0 bridgehead atoms. The van der Waals surface area contributed by atoms with Crippen LogP contribution in [0, 0.1) is 0 Å². The van der Waals surface area contributed by atoms with Gasteiger partial charge in [-0.15, -0.1) is 0 Å². The minimum atomic E-state index is -0.730. The van der Waals surface area contributed by atoms with Crippen LogP contribution in [0.25, 0.3) is 11.3 Å². The molecule has 2 aromatic heterocycles. The minimum Gasteiger partial charge on any atom is -0.467 e. The van der Waals surface area contributed by atoms with E-state index in [1.54, 1.807) is 36.4 Å². The molecule has 128 valence electrons. The fourth-order valence-corrected chi connectivity index (χ4v) is 2.33. The molecule has 7 heteroatoms. The Balaban J connectivity index is 1.53. The van der Waals surface area contributed by atoms with Gasteiger partial charge in [0.1, 0.15) is 11.5 Å². The van der Waals surface area contributed by atoms with E-state index in [1.165, 1.54) is 12.3 Å². The molecule has 0 fully saturated rings. The first kappa shape index (κ1) is 16.9. The van der Waals surface area contributed by atoms with Crippen molar-refractivity contribution in [3.8, 4) is 11.3 Å². The van der Waals surface area contributed by atoms with Gasteiger partial charge in [0.25, 0.3) is 5.91 Å². The molecular formula is C18H14ClNO5. The molecule has 0 radical (unpaired) electrons. The lowest BCUT2D eigenvalue weighted by molar-refractivity contribution is -0.124. The molecule has 0 unspecified atom stereocenters. The first-order valence-electron chi connectivity index (χ1n) is 7.44. The van der Waals surface area contributed by atoms with E-state index in [0.717, 1.165) is 0 Å². The smallest absolute Gasteiger partial charge is 0.374 e. The average Bonchev–Trinajstić information content (AvgIpc) is 3.30. The van der Waals surface area contributed by atoms with Crippen LogP contribution < -0.4 is 5.32 Å². The molecule has 1 aromatic carbocycles. The molecule has 0 saturated carbocycles. The molecule has 6 nitrogen and oxygen atoms in total. The number of hydrogen-bond acceptors (Lipinski definition) is 5. The van der Waals surface area contributed by atoms with E-state index < -0.39 is 18.5 Å². The number of amides is 1. The van der Waals surface area contributed by atoms with Crippen molar-refractivity contribution < 1.29 is 23.2 Å². The second-order valence-corrected chi connectivity index (χ2v) is 5.48. The zero-order valence-corrected chi connectivity index (χ0v) is 13.8. The van der Waals surface area contributed by atoms with Crippen LogP contribution in [0.15, 0.2) is 63.6 Å². The van der Waals surface area contributed by atoms with Crippen LogP contribution in [0.2, 0.25) is 5.02 Å². The van der Waals surface area contributed by atoms with Crippen molar-refractivity contribution in [3.63, 3.8) is 0 Å². The summed E-state index contributed by atoms with van der Waals surface area (Å²) < 4.78 is 15.5. The lowest BCUT2D eigenvalue weighted by atomic mass is 10.2. The summed E-state index contributed by atoms with van der Waals surface area (Å²) in [6, 6.07) is 13.6. The quantitative estimate of drug-likeness (QED) is 0.679. The van der Waals surface area contributed by atoms with Crippen molar-refractivity contribution in [3.05, 3.63) is 71.3 Å². The zero-order chi connectivity index (χ0) is 17.6. The first-order valence-corrected chi connectivity index (χ1v) is 7.82. The molecule has 1 N–H and O–H groups in total. The van der Waals surface area contributed by atoms with E-state index in [4.69, 9.17) is 25.2 Å². The van der Waals surface area contributed by atoms with Gasteiger partial charge in [0.15, 0.2) is 6.61 Å². The number of halogens is 1. The lowest BCUT2D eigenvalue weighted by Gasteiger charge is -2.04. The highest BCUT2D eigenvalue weighted by atomic mass is 35.5.